The van der Waals surface area contributed by atoms with Crippen molar-refractivity contribution in [1.29, 1.82) is 5.26 Å². The molecule has 0 heterocycles. The van der Waals surface area contributed by atoms with Gasteiger partial charge >= 0.3 is 0 Å². The van der Waals surface area contributed by atoms with Crippen molar-refractivity contribution >= 4 is 17.7 Å². The highest BCUT2D eigenvalue weighted by Gasteiger charge is 2.15. The molecule has 3 nitrogen and oxygen atoms in total. The summed E-state index contributed by atoms with van der Waals surface area (Å²) in [5.74, 6) is 0.459. The summed E-state index contributed by atoms with van der Waals surface area (Å²) < 4.78 is 0. The molecule has 0 aliphatic rings. The summed E-state index contributed by atoms with van der Waals surface area (Å²) in [5.41, 5.74) is 3.11. The predicted molar refractivity (Wildman–Crippen MR) is 114 cm³/mol. The monoisotopic (exact) mass is 386 g/mol. The molecule has 0 unspecified atom stereocenters. The molecule has 28 heavy (non-hydrogen) atoms. The van der Waals surface area contributed by atoms with Crippen LogP contribution in [0, 0.1) is 11.3 Å². The molecule has 0 bridgehead atoms. The van der Waals surface area contributed by atoms with E-state index in [2.05, 4.69) is 35.7 Å². The van der Waals surface area contributed by atoms with Gasteiger partial charge in [0.2, 0.25) is 0 Å². The molecule has 0 aliphatic carbocycles. The number of rotatable bonds is 8. The standard InChI is InChI=1S/C24H22N2OS/c25-16-18-28-23-14-8-7-13-22(23)24(27)26-17-15-21(19-9-3-1-4-10-19)20-11-5-2-6-12-20/h1-14,21H,15,17-18H2,(H,26,27). The molecule has 140 valence electrons. The summed E-state index contributed by atoms with van der Waals surface area (Å²) in [4.78, 5) is 13.5. The first-order chi connectivity index (χ1) is 13.8. The highest BCUT2D eigenvalue weighted by Crippen LogP contribution is 2.27. The Labute approximate surface area is 170 Å². The minimum atomic E-state index is -0.0964. The maximum Gasteiger partial charge on any atom is 0.252 e. The molecular formula is C24H22N2OS. The molecule has 3 aromatic carbocycles. The largest absolute Gasteiger partial charge is 0.352 e. The van der Waals surface area contributed by atoms with Gasteiger partial charge in [0.1, 0.15) is 0 Å². The van der Waals surface area contributed by atoms with Crippen LogP contribution in [0.1, 0.15) is 33.8 Å². The average Bonchev–Trinajstić information content (AvgIpc) is 2.76. The number of hydrogen-bond acceptors (Lipinski definition) is 3. The van der Waals surface area contributed by atoms with Crippen LogP contribution in [-0.4, -0.2) is 18.2 Å². The van der Waals surface area contributed by atoms with Gasteiger partial charge in [-0.1, -0.05) is 72.8 Å². The summed E-state index contributed by atoms with van der Waals surface area (Å²) in [6.07, 6.45) is 0.813. The second-order valence-corrected chi connectivity index (χ2v) is 7.38. The number of amides is 1. The molecule has 0 aromatic heterocycles. The number of hydrogen-bond donors (Lipinski definition) is 1. The normalized spacial score (nSPS) is 10.4. The van der Waals surface area contributed by atoms with Gasteiger partial charge in [-0.15, -0.1) is 11.8 Å². The van der Waals surface area contributed by atoms with Gasteiger partial charge in [0.15, 0.2) is 0 Å². The van der Waals surface area contributed by atoms with E-state index in [9.17, 15) is 4.79 Å². The van der Waals surface area contributed by atoms with Crippen LogP contribution in [-0.2, 0) is 0 Å². The van der Waals surface area contributed by atoms with E-state index in [1.165, 1.54) is 22.9 Å². The van der Waals surface area contributed by atoms with Crippen molar-refractivity contribution in [2.45, 2.75) is 17.2 Å². The lowest BCUT2D eigenvalue weighted by Crippen LogP contribution is -2.26. The van der Waals surface area contributed by atoms with Crippen molar-refractivity contribution in [3.05, 3.63) is 102 Å². The minimum Gasteiger partial charge on any atom is -0.352 e. The van der Waals surface area contributed by atoms with E-state index >= 15 is 0 Å². The second kappa shape index (κ2) is 10.3. The molecule has 0 saturated carbocycles. The van der Waals surface area contributed by atoms with Gasteiger partial charge < -0.3 is 5.32 Å². The highest BCUT2D eigenvalue weighted by atomic mass is 32.2. The molecule has 0 aliphatic heterocycles. The predicted octanol–water partition coefficient (Wildman–Crippen LogP) is 5.25. The van der Waals surface area contributed by atoms with Crippen molar-refractivity contribution in [1.82, 2.24) is 5.32 Å². The number of carbonyl (C=O) groups excluding carboxylic acids is 1. The fourth-order valence-corrected chi connectivity index (χ4v) is 3.92. The molecular weight excluding hydrogens is 364 g/mol. The number of benzene rings is 3. The van der Waals surface area contributed by atoms with E-state index in [1.807, 2.05) is 54.6 Å². The Kier molecular flexibility index (Phi) is 7.29. The van der Waals surface area contributed by atoms with Crippen molar-refractivity contribution in [3.8, 4) is 6.07 Å². The Balaban J connectivity index is 1.68. The number of carbonyl (C=O) groups is 1. The Bertz CT molecular complexity index is 896. The van der Waals surface area contributed by atoms with E-state index in [1.54, 1.807) is 6.07 Å². The van der Waals surface area contributed by atoms with Crippen molar-refractivity contribution in [2.24, 2.45) is 0 Å². The van der Waals surface area contributed by atoms with Crippen LogP contribution >= 0.6 is 11.8 Å². The molecule has 0 saturated heterocycles. The fraction of sp³-hybridized carbons (Fsp3) is 0.167. The van der Waals surface area contributed by atoms with Crippen molar-refractivity contribution in [2.75, 3.05) is 12.3 Å². The third-order valence-corrected chi connectivity index (χ3v) is 5.49. The van der Waals surface area contributed by atoms with E-state index in [0.29, 0.717) is 17.9 Å². The highest BCUT2D eigenvalue weighted by molar-refractivity contribution is 7.99. The van der Waals surface area contributed by atoms with Crippen LogP contribution in [0.4, 0.5) is 0 Å². The Morgan fingerprint density at radius 3 is 2.07 bits per heavy atom. The lowest BCUT2D eigenvalue weighted by molar-refractivity contribution is 0.0950. The Morgan fingerprint density at radius 1 is 0.893 bits per heavy atom. The minimum absolute atomic E-state index is 0.0964. The van der Waals surface area contributed by atoms with Crippen LogP contribution in [0.2, 0.25) is 0 Å². The van der Waals surface area contributed by atoms with Gasteiger partial charge in [-0.05, 0) is 29.7 Å². The SMILES string of the molecule is N#CCSc1ccccc1C(=O)NCCC(c1ccccc1)c1ccccc1. The maximum atomic E-state index is 12.7. The molecule has 0 atom stereocenters. The summed E-state index contributed by atoms with van der Waals surface area (Å²) in [5, 5.41) is 11.9. The van der Waals surface area contributed by atoms with Gasteiger partial charge in [-0.3, -0.25) is 4.79 Å². The molecule has 0 fully saturated rings. The molecule has 1 amide bonds. The molecule has 1 N–H and O–H groups in total. The zero-order valence-corrected chi connectivity index (χ0v) is 16.4. The first kappa shape index (κ1) is 19.7. The van der Waals surface area contributed by atoms with Crippen LogP contribution < -0.4 is 5.32 Å². The second-order valence-electron chi connectivity index (χ2n) is 6.36. The van der Waals surface area contributed by atoms with Gasteiger partial charge in [-0.25, -0.2) is 0 Å². The third kappa shape index (κ3) is 5.25. The Morgan fingerprint density at radius 2 is 1.46 bits per heavy atom. The van der Waals surface area contributed by atoms with Crippen molar-refractivity contribution < 1.29 is 4.79 Å². The fourth-order valence-electron chi connectivity index (χ4n) is 3.21. The zero-order valence-electron chi connectivity index (χ0n) is 15.5. The van der Waals surface area contributed by atoms with Crippen molar-refractivity contribution in [3.63, 3.8) is 0 Å². The van der Waals surface area contributed by atoms with E-state index < -0.39 is 0 Å². The van der Waals surface area contributed by atoms with Gasteiger partial charge in [-0.2, -0.15) is 5.26 Å². The summed E-state index contributed by atoms with van der Waals surface area (Å²) in [6.45, 7) is 0.574. The number of nitriles is 1. The lowest BCUT2D eigenvalue weighted by atomic mass is 9.88. The molecule has 4 heteroatoms. The first-order valence-corrected chi connectivity index (χ1v) is 10.2. The number of nitrogens with zero attached hydrogens (tertiary/aromatic N) is 1. The molecule has 3 rings (SSSR count). The third-order valence-electron chi connectivity index (χ3n) is 4.55. The quantitative estimate of drug-likeness (QED) is 0.538. The Hall–Kier alpha value is -3.03. The van der Waals surface area contributed by atoms with Crippen LogP contribution in [0.5, 0.6) is 0 Å². The summed E-state index contributed by atoms with van der Waals surface area (Å²) >= 11 is 1.39. The number of thioether (sulfide) groups is 1. The van der Waals surface area contributed by atoms with Gasteiger partial charge in [0.25, 0.3) is 5.91 Å². The lowest BCUT2D eigenvalue weighted by Gasteiger charge is -2.18. The van der Waals surface area contributed by atoms with E-state index in [0.717, 1.165) is 11.3 Å². The summed E-state index contributed by atoms with van der Waals surface area (Å²) in [6, 6.07) is 30.3. The molecule has 0 spiro atoms. The van der Waals surface area contributed by atoms with Crippen LogP contribution in [0.3, 0.4) is 0 Å². The number of nitrogens with one attached hydrogen (secondary N) is 1. The smallest absolute Gasteiger partial charge is 0.252 e. The molecule has 3 aromatic rings. The molecule has 0 radical (unpaired) electrons. The maximum absolute atomic E-state index is 12.7. The average molecular weight is 387 g/mol. The van der Waals surface area contributed by atoms with Gasteiger partial charge in [0.05, 0.1) is 17.4 Å². The van der Waals surface area contributed by atoms with Crippen LogP contribution in [0.25, 0.3) is 0 Å². The summed E-state index contributed by atoms with van der Waals surface area (Å²) in [7, 11) is 0. The van der Waals surface area contributed by atoms with Gasteiger partial charge in [0, 0.05) is 17.4 Å². The van der Waals surface area contributed by atoms with E-state index in [4.69, 9.17) is 5.26 Å². The van der Waals surface area contributed by atoms with Crippen LogP contribution in [0.15, 0.2) is 89.8 Å². The zero-order chi connectivity index (χ0) is 19.6. The first-order valence-electron chi connectivity index (χ1n) is 9.26. The topological polar surface area (TPSA) is 52.9 Å². The van der Waals surface area contributed by atoms with E-state index in [-0.39, 0.29) is 11.8 Å².